The lowest BCUT2D eigenvalue weighted by molar-refractivity contribution is 0.0942. The smallest absolute Gasteiger partial charge is 0.0895 e. The number of benzene rings is 1. The average molecular weight is 195 g/mol. The zero-order valence-corrected chi connectivity index (χ0v) is 8.40. The third-order valence-corrected chi connectivity index (χ3v) is 2.04. The number of rotatable bonds is 5. The molecule has 0 saturated heterocycles. The molecule has 1 aromatic carbocycles. The van der Waals surface area contributed by atoms with Crippen molar-refractivity contribution in [1.29, 1.82) is 0 Å². The minimum absolute atomic E-state index is 0.194. The maximum absolute atomic E-state index is 9.07. The number of hydrogen-bond acceptors (Lipinski definition) is 3. The second-order valence-electron chi connectivity index (χ2n) is 3.45. The fourth-order valence-electron chi connectivity index (χ4n) is 1.15. The van der Waals surface area contributed by atoms with Crippen LogP contribution in [0, 0.1) is 6.92 Å². The molecule has 0 aliphatic heterocycles. The van der Waals surface area contributed by atoms with Crippen molar-refractivity contribution in [3.8, 4) is 0 Å². The molecule has 1 rings (SSSR count). The van der Waals surface area contributed by atoms with E-state index < -0.39 is 6.10 Å². The maximum atomic E-state index is 9.07. The lowest BCUT2D eigenvalue weighted by atomic mass is 10.1. The molecule has 0 fully saturated rings. The first-order chi connectivity index (χ1) is 6.72. The van der Waals surface area contributed by atoms with Crippen LogP contribution >= 0.6 is 0 Å². The summed E-state index contributed by atoms with van der Waals surface area (Å²) in [6, 6.07) is 8.21. The Morgan fingerprint density at radius 2 is 1.93 bits per heavy atom. The van der Waals surface area contributed by atoms with Crippen LogP contribution in [0.1, 0.15) is 11.1 Å². The van der Waals surface area contributed by atoms with Gasteiger partial charge in [0.15, 0.2) is 0 Å². The van der Waals surface area contributed by atoms with Crippen LogP contribution in [-0.4, -0.2) is 29.5 Å². The van der Waals surface area contributed by atoms with Crippen molar-refractivity contribution in [2.45, 2.75) is 19.6 Å². The second kappa shape index (κ2) is 5.75. The molecule has 3 nitrogen and oxygen atoms in total. The quantitative estimate of drug-likeness (QED) is 0.639. The number of nitrogens with one attached hydrogen (secondary N) is 1. The SMILES string of the molecule is Cc1ccc(CNC[C@@H](O)CO)cc1. The second-order valence-corrected chi connectivity index (χ2v) is 3.45. The average Bonchev–Trinajstić information content (AvgIpc) is 2.21. The Morgan fingerprint density at radius 1 is 1.29 bits per heavy atom. The first-order valence-electron chi connectivity index (χ1n) is 4.77. The van der Waals surface area contributed by atoms with Gasteiger partial charge in [0.25, 0.3) is 0 Å². The molecule has 3 N–H and O–H groups in total. The molecular formula is C11H17NO2. The third-order valence-electron chi connectivity index (χ3n) is 2.04. The van der Waals surface area contributed by atoms with E-state index in [1.165, 1.54) is 11.1 Å². The predicted molar refractivity (Wildman–Crippen MR) is 56.0 cm³/mol. The van der Waals surface area contributed by atoms with Crippen molar-refractivity contribution in [2.75, 3.05) is 13.2 Å². The van der Waals surface area contributed by atoms with Crippen LogP contribution in [0.15, 0.2) is 24.3 Å². The molecule has 0 bridgehead atoms. The van der Waals surface area contributed by atoms with Crippen LogP contribution < -0.4 is 5.32 Å². The van der Waals surface area contributed by atoms with E-state index in [0.29, 0.717) is 6.54 Å². The normalized spacial score (nSPS) is 12.8. The monoisotopic (exact) mass is 195 g/mol. The zero-order valence-electron chi connectivity index (χ0n) is 8.40. The highest BCUT2D eigenvalue weighted by atomic mass is 16.3. The molecule has 0 saturated carbocycles. The highest BCUT2D eigenvalue weighted by Crippen LogP contribution is 2.02. The van der Waals surface area contributed by atoms with E-state index in [-0.39, 0.29) is 6.61 Å². The van der Waals surface area contributed by atoms with E-state index in [9.17, 15) is 0 Å². The van der Waals surface area contributed by atoms with Crippen LogP contribution in [0.2, 0.25) is 0 Å². The van der Waals surface area contributed by atoms with E-state index in [4.69, 9.17) is 10.2 Å². The van der Waals surface area contributed by atoms with Gasteiger partial charge in [0.1, 0.15) is 0 Å². The van der Waals surface area contributed by atoms with Gasteiger partial charge < -0.3 is 15.5 Å². The fraction of sp³-hybridized carbons (Fsp3) is 0.455. The van der Waals surface area contributed by atoms with Crippen molar-refractivity contribution in [1.82, 2.24) is 5.32 Å². The molecule has 0 heterocycles. The Balaban J connectivity index is 2.28. The topological polar surface area (TPSA) is 52.5 Å². The fourth-order valence-corrected chi connectivity index (χ4v) is 1.15. The lowest BCUT2D eigenvalue weighted by Gasteiger charge is -2.08. The summed E-state index contributed by atoms with van der Waals surface area (Å²) in [5.74, 6) is 0. The molecular weight excluding hydrogens is 178 g/mol. The Hall–Kier alpha value is -0.900. The van der Waals surface area contributed by atoms with Gasteiger partial charge in [0.2, 0.25) is 0 Å². The van der Waals surface area contributed by atoms with Crippen LogP contribution in [-0.2, 0) is 6.54 Å². The molecule has 1 aromatic rings. The van der Waals surface area contributed by atoms with Gasteiger partial charge in [-0.25, -0.2) is 0 Å². The lowest BCUT2D eigenvalue weighted by Crippen LogP contribution is -2.28. The van der Waals surface area contributed by atoms with Gasteiger partial charge in [-0.3, -0.25) is 0 Å². The van der Waals surface area contributed by atoms with Crippen LogP contribution in [0.25, 0.3) is 0 Å². The van der Waals surface area contributed by atoms with Crippen molar-refractivity contribution in [3.05, 3.63) is 35.4 Å². The molecule has 14 heavy (non-hydrogen) atoms. The minimum Gasteiger partial charge on any atom is -0.394 e. The van der Waals surface area contributed by atoms with Crippen molar-refractivity contribution in [2.24, 2.45) is 0 Å². The summed E-state index contributed by atoms with van der Waals surface area (Å²) in [6.45, 7) is 3.00. The third kappa shape index (κ3) is 3.87. The van der Waals surface area contributed by atoms with E-state index in [1.54, 1.807) is 0 Å². The molecule has 0 aliphatic carbocycles. The standard InChI is InChI=1S/C11H17NO2/c1-9-2-4-10(5-3-9)6-12-7-11(14)8-13/h2-5,11-14H,6-8H2,1H3/t11-/m1/s1. The van der Waals surface area contributed by atoms with Gasteiger partial charge >= 0.3 is 0 Å². The molecule has 0 spiro atoms. The number of aryl methyl sites for hydroxylation is 1. The summed E-state index contributed by atoms with van der Waals surface area (Å²) in [7, 11) is 0. The molecule has 78 valence electrons. The first-order valence-corrected chi connectivity index (χ1v) is 4.77. The number of hydrogen-bond donors (Lipinski definition) is 3. The Morgan fingerprint density at radius 3 is 2.50 bits per heavy atom. The summed E-state index contributed by atoms with van der Waals surface area (Å²) in [4.78, 5) is 0. The van der Waals surface area contributed by atoms with Gasteiger partial charge in [0.05, 0.1) is 12.7 Å². The molecule has 0 unspecified atom stereocenters. The highest BCUT2D eigenvalue weighted by molar-refractivity contribution is 5.20. The molecule has 3 heteroatoms. The predicted octanol–water partition coefficient (Wildman–Crippen LogP) is 0.438. The Kier molecular flexibility index (Phi) is 4.59. The van der Waals surface area contributed by atoms with Crippen LogP contribution in [0.5, 0.6) is 0 Å². The molecule has 0 aromatic heterocycles. The van der Waals surface area contributed by atoms with Crippen molar-refractivity contribution in [3.63, 3.8) is 0 Å². The highest BCUT2D eigenvalue weighted by Gasteiger charge is 2.00. The largest absolute Gasteiger partial charge is 0.394 e. The number of aliphatic hydroxyl groups excluding tert-OH is 2. The summed E-state index contributed by atoms with van der Waals surface area (Å²) in [5, 5.41) is 20.7. The Labute approximate surface area is 84.4 Å². The van der Waals surface area contributed by atoms with Gasteiger partial charge in [-0.2, -0.15) is 0 Å². The number of aliphatic hydroxyl groups is 2. The summed E-state index contributed by atoms with van der Waals surface area (Å²) in [6.07, 6.45) is -0.666. The van der Waals surface area contributed by atoms with Gasteiger partial charge in [-0.15, -0.1) is 0 Å². The molecule has 0 radical (unpaired) electrons. The van der Waals surface area contributed by atoms with E-state index in [2.05, 4.69) is 17.4 Å². The van der Waals surface area contributed by atoms with Crippen molar-refractivity contribution >= 4 is 0 Å². The van der Waals surface area contributed by atoms with E-state index in [0.717, 1.165) is 6.54 Å². The first kappa shape index (κ1) is 11.2. The van der Waals surface area contributed by atoms with Crippen LogP contribution in [0.3, 0.4) is 0 Å². The van der Waals surface area contributed by atoms with E-state index >= 15 is 0 Å². The molecule has 1 atom stereocenters. The molecule has 0 aliphatic rings. The Bertz CT molecular complexity index is 258. The van der Waals surface area contributed by atoms with Crippen molar-refractivity contribution < 1.29 is 10.2 Å². The summed E-state index contributed by atoms with van der Waals surface area (Å²) in [5.41, 5.74) is 2.42. The minimum atomic E-state index is -0.666. The van der Waals surface area contributed by atoms with Gasteiger partial charge in [-0.1, -0.05) is 29.8 Å². The van der Waals surface area contributed by atoms with E-state index in [1.807, 2.05) is 19.1 Å². The van der Waals surface area contributed by atoms with Crippen LogP contribution in [0.4, 0.5) is 0 Å². The zero-order chi connectivity index (χ0) is 10.4. The summed E-state index contributed by atoms with van der Waals surface area (Å²) >= 11 is 0. The maximum Gasteiger partial charge on any atom is 0.0895 e. The van der Waals surface area contributed by atoms with Gasteiger partial charge in [0, 0.05) is 13.1 Å². The molecule has 0 amide bonds. The summed E-state index contributed by atoms with van der Waals surface area (Å²) < 4.78 is 0. The van der Waals surface area contributed by atoms with Gasteiger partial charge in [-0.05, 0) is 12.5 Å².